The van der Waals surface area contributed by atoms with E-state index in [1.807, 2.05) is 43.4 Å². The number of ether oxygens (including phenoxy) is 3. The minimum Gasteiger partial charge on any atom is -0.497 e. The number of aliphatic imine (C=N–C) groups is 1. The molecular formula is C23H31N3O3. The van der Waals surface area contributed by atoms with Gasteiger partial charge < -0.3 is 24.4 Å². The van der Waals surface area contributed by atoms with Crippen LogP contribution in [0.25, 0.3) is 0 Å². The van der Waals surface area contributed by atoms with Crippen LogP contribution in [-0.4, -0.2) is 58.4 Å². The first-order chi connectivity index (χ1) is 14.2. The van der Waals surface area contributed by atoms with E-state index >= 15 is 0 Å². The summed E-state index contributed by atoms with van der Waals surface area (Å²) < 4.78 is 16.5. The molecule has 1 unspecified atom stereocenters. The summed E-state index contributed by atoms with van der Waals surface area (Å²) >= 11 is 0. The minimum atomic E-state index is 0.594. The summed E-state index contributed by atoms with van der Waals surface area (Å²) in [7, 11) is 5.57. The van der Waals surface area contributed by atoms with Crippen LogP contribution in [0.5, 0.6) is 17.2 Å². The summed E-state index contributed by atoms with van der Waals surface area (Å²) in [5.41, 5.74) is 1.25. The number of nitrogens with one attached hydrogen (secondary N) is 1. The third-order valence-corrected chi connectivity index (χ3v) is 5.04. The third kappa shape index (κ3) is 6.39. The molecule has 0 spiro atoms. The smallest absolute Gasteiger partial charge is 0.193 e. The van der Waals surface area contributed by atoms with Crippen molar-refractivity contribution in [2.45, 2.75) is 12.8 Å². The van der Waals surface area contributed by atoms with Crippen LogP contribution in [0.3, 0.4) is 0 Å². The van der Waals surface area contributed by atoms with Crippen LogP contribution in [0.4, 0.5) is 0 Å². The van der Waals surface area contributed by atoms with E-state index in [1.165, 1.54) is 5.56 Å². The van der Waals surface area contributed by atoms with Crippen molar-refractivity contribution in [3.8, 4) is 17.2 Å². The van der Waals surface area contributed by atoms with Gasteiger partial charge in [-0.05, 0) is 54.8 Å². The van der Waals surface area contributed by atoms with Gasteiger partial charge in [0, 0.05) is 39.7 Å². The molecule has 2 aromatic rings. The second kappa shape index (κ2) is 10.7. The Labute approximate surface area is 173 Å². The highest BCUT2D eigenvalue weighted by Crippen LogP contribution is 2.24. The van der Waals surface area contributed by atoms with Crippen molar-refractivity contribution in [2.75, 3.05) is 47.5 Å². The first-order valence-electron chi connectivity index (χ1n) is 10.1. The predicted molar refractivity (Wildman–Crippen MR) is 116 cm³/mol. The summed E-state index contributed by atoms with van der Waals surface area (Å²) in [4.78, 5) is 6.58. The Bertz CT molecular complexity index is 769. The van der Waals surface area contributed by atoms with E-state index in [1.54, 1.807) is 7.11 Å². The quantitative estimate of drug-likeness (QED) is 0.545. The Kier molecular flexibility index (Phi) is 7.76. The lowest BCUT2D eigenvalue weighted by atomic mass is 10.1. The zero-order valence-corrected chi connectivity index (χ0v) is 17.6. The zero-order chi connectivity index (χ0) is 20.5. The number of methoxy groups -OCH3 is 1. The Balaban J connectivity index is 1.44. The highest BCUT2D eigenvalue weighted by Gasteiger charge is 2.18. The van der Waals surface area contributed by atoms with E-state index in [0.717, 1.165) is 62.4 Å². The summed E-state index contributed by atoms with van der Waals surface area (Å²) in [6.07, 6.45) is 2.05. The number of hydrogen-bond acceptors (Lipinski definition) is 4. The van der Waals surface area contributed by atoms with Gasteiger partial charge in [-0.3, -0.25) is 4.99 Å². The predicted octanol–water partition coefficient (Wildman–Crippen LogP) is 3.57. The summed E-state index contributed by atoms with van der Waals surface area (Å²) in [5, 5.41) is 3.45. The first kappa shape index (κ1) is 21.0. The van der Waals surface area contributed by atoms with Gasteiger partial charge in [0.1, 0.15) is 17.2 Å². The standard InChI is InChI=1S/C23H31N3O3/c1-24-23(26(2)16-19-13-15-28-17-19)25-14-12-18-4-6-21(7-5-18)29-22-10-8-20(27-3)9-11-22/h4-11,19H,12-17H2,1-3H3,(H,24,25). The van der Waals surface area contributed by atoms with Crippen LogP contribution in [0.1, 0.15) is 12.0 Å². The maximum atomic E-state index is 5.88. The van der Waals surface area contributed by atoms with Crippen LogP contribution in [0.2, 0.25) is 0 Å². The Morgan fingerprint density at radius 2 is 1.76 bits per heavy atom. The van der Waals surface area contributed by atoms with E-state index in [-0.39, 0.29) is 0 Å². The lowest BCUT2D eigenvalue weighted by molar-refractivity contribution is 0.181. The van der Waals surface area contributed by atoms with Gasteiger partial charge in [-0.1, -0.05) is 12.1 Å². The maximum Gasteiger partial charge on any atom is 0.193 e. The molecule has 0 amide bonds. The first-order valence-corrected chi connectivity index (χ1v) is 10.1. The van der Waals surface area contributed by atoms with Crippen LogP contribution >= 0.6 is 0 Å². The van der Waals surface area contributed by atoms with E-state index < -0.39 is 0 Å². The van der Waals surface area contributed by atoms with Crippen molar-refractivity contribution in [1.82, 2.24) is 10.2 Å². The molecule has 0 aromatic heterocycles. The Morgan fingerprint density at radius 1 is 1.10 bits per heavy atom. The molecule has 1 N–H and O–H groups in total. The molecule has 156 valence electrons. The molecule has 6 heteroatoms. The normalized spacial score (nSPS) is 16.5. The van der Waals surface area contributed by atoms with Crippen molar-refractivity contribution in [1.29, 1.82) is 0 Å². The highest BCUT2D eigenvalue weighted by atomic mass is 16.5. The molecular weight excluding hydrogens is 366 g/mol. The second-order valence-corrected chi connectivity index (χ2v) is 7.26. The molecule has 0 aliphatic carbocycles. The van der Waals surface area contributed by atoms with E-state index in [9.17, 15) is 0 Å². The van der Waals surface area contributed by atoms with Crippen LogP contribution in [0, 0.1) is 5.92 Å². The molecule has 3 rings (SSSR count). The van der Waals surface area contributed by atoms with Crippen molar-refractivity contribution in [3.05, 3.63) is 54.1 Å². The number of benzene rings is 2. The van der Waals surface area contributed by atoms with Gasteiger partial charge in [0.2, 0.25) is 0 Å². The monoisotopic (exact) mass is 397 g/mol. The van der Waals surface area contributed by atoms with Crippen LogP contribution < -0.4 is 14.8 Å². The highest BCUT2D eigenvalue weighted by molar-refractivity contribution is 5.79. The van der Waals surface area contributed by atoms with Crippen LogP contribution in [0.15, 0.2) is 53.5 Å². The molecule has 1 fully saturated rings. The van der Waals surface area contributed by atoms with E-state index in [4.69, 9.17) is 14.2 Å². The molecule has 1 atom stereocenters. The van der Waals surface area contributed by atoms with Gasteiger partial charge in [-0.2, -0.15) is 0 Å². The molecule has 0 bridgehead atoms. The molecule has 6 nitrogen and oxygen atoms in total. The molecule has 2 aromatic carbocycles. The van der Waals surface area contributed by atoms with Gasteiger partial charge in [0.05, 0.1) is 13.7 Å². The number of nitrogens with zero attached hydrogens (tertiary/aromatic N) is 2. The van der Waals surface area contributed by atoms with E-state index in [0.29, 0.717) is 5.92 Å². The third-order valence-electron chi connectivity index (χ3n) is 5.04. The maximum absolute atomic E-state index is 5.88. The molecule has 1 aliphatic rings. The average Bonchev–Trinajstić information content (AvgIpc) is 3.26. The molecule has 1 aliphatic heterocycles. The van der Waals surface area contributed by atoms with Crippen molar-refractivity contribution < 1.29 is 14.2 Å². The van der Waals surface area contributed by atoms with Gasteiger partial charge in [-0.15, -0.1) is 0 Å². The molecule has 29 heavy (non-hydrogen) atoms. The Hall–Kier alpha value is -2.73. The van der Waals surface area contributed by atoms with Crippen molar-refractivity contribution in [2.24, 2.45) is 10.9 Å². The van der Waals surface area contributed by atoms with Crippen molar-refractivity contribution >= 4 is 5.96 Å². The van der Waals surface area contributed by atoms with E-state index in [2.05, 4.69) is 34.4 Å². The van der Waals surface area contributed by atoms with Gasteiger partial charge in [0.15, 0.2) is 5.96 Å². The summed E-state index contributed by atoms with van der Waals surface area (Å²) in [6, 6.07) is 15.8. The lowest BCUT2D eigenvalue weighted by Gasteiger charge is -2.24. The molecule has 0 radical (unpaired) electrons. The van der Waals surface area contributed by atoms with Gasteiger partial charge in [0.25, 0.3) is 0 Å². The minimum absolute atomic E-state index is 0.594. The van der Waals surface area contributed by atoms with Crippen LogP contribution in [-0.2, 0) is 11.2 Å². The SMILES string of the molecule is CN=C(NCCc1ccc(Oc2ccc(OC)cc2)cc1)N(C)CC1CCOC1. The number of hydrogen-bond donors (Lipinski definition) is 1. The summed E-state index contributed by atoms with van der Waals surface area (Å²) in [5.74, 6) is 3.95. The zero-order valence-electron chi connectivity index (χ0n) is 17.6. The molecule has 1 saturated heterocycles. The molecule has 0 saturated carbocycles. The fraction of sp³-hybridized carbons (Fsp3) is 0.435. The Morgan fingerprint density at radius 3 is 2.34 bits per heavy atom. The second-order valence-electron chi connectivity index (χ2n) is 7.26. The number of guanidine groups is 1. The fourth-order valence-electron chi connectivity index (χ4n) is 3.41. The molecule has 1 heterocycles. The van der Waals surface area contributed by atoms with Gasteiger partial charge >= 0.3 is 0 Å². The topological polar surface area (TPSA) is 55.3 Å². The largest absolute Gasteiger partial charge is 0.497 e. The average molecular weight is 398 g/mol. The summed E-state index contributed by atoms with van der Waals surface area (Å²) in [6.45, 7) is 3.53. The van der Waals surface area contributed by atoms with Gasteiger partial charge in [-0.25, -0.2) is 0 Å². The number of rotatable bonds is 8. The fourth-order valence-corrected chi connectivity index (χ4v) is 3.41. The lowest BCUT2D eigenvalue weighted by Crippen LogP contribution is -2.42. The van der Waals surface area contributed by atoms with Crippen molar-refractivity contribution in [3.63, 3.8) is 0 Å².